The molecule has 0 fully saturated rings. The van der Waals surface area contributed by atoms with Crippen molar-refractivity contribution in [2.24, 2.45) is 0 Å². The SMILES string of the molecule is C=CCCNS(=O)(=O)c1ccc(NC(C)=O)cc1. The van der Waals surface area contributed by atoms with Gasteiger partial charge in [-0.25, -0.2) is 13.1 Å². The van der Waals surface area contributed by atoms with Crippen molar-refractivity contribution in [3.8, 4) is 0 Å². The molecule has 0 aromatic heterocycles. The van der Waals surface area contributed by atoms with Crippen molar-refractivity contribution in [2.75, 3.05) is 11.9 Å². The number of carbonyl (C=O) groups is 1. The molecule has 0 spiro atoms. The Balaban J connectivity index is 2.77. The molecule has 0 saturated heterocycles. The van der Waals surface area contributed by atoms with E-state index < -0.39 is 10.0 Å². The Kier molecular flexibility index (Phi) is 5.06. The van der Waals surface area contributed by atoms with Gasteiger partial charge in [-0.15, -0.1) is 6.58 Å². The molecular weight excluding hydrogens is 252 g/mol. The van der Waals surface area contributed by atoms with Gasteiger partial charge in [0.05, 0.1) is 4.90 Å². The van der Waals surface area contributed by atoms with Crippen LogP contribution in [-0.4, -0.2) is 20.9 Å². The van der Waals surface area contributed by atoms with E-state index in [0.717, 1.165) is 0 Å². The molecule has 0 unspecified atom stereocenters. The zero-order valence-corrected chi connectivity index (χ0v) is 11.0. The van der Waals surface area contributed by atoms with Gasteiger partial charge >= 0.3 is 0 Å². The maximum atomic E-state index is 11.8. The number of amides is 1. The third kappa shape index (κ3) is 4.31. The molecule has 0 saturated carbocycles. The zero-order chi connectivity index (χ0) is 13.6. The Morgan fingerprint density at radius 2 is 1.94 bits per heavy atom. The van der Waals surface area contributed by atoms with Crippen LogP contribution in [0.15, 0.2) is 41.8 Å². The van der Waals surface area contributed by atoms with Crippen LogP contribution in [0.25, 0.3) is 0 Å². The van der Waals surface area contributed by atoms with Gasteiger partial charge in [-0.1, -0.05) is 6.08 Å². The highest BCUT2D eigenvalue weighted by atomic mass is 32.2. The van der Waals surface area contributed by atoms with E-state index in [1.165, 1.54) is 19.1 Å². The fourth-order valence-electron chi connectivity index (χ4n) is 1.30. The first kappa shape index (κ1) is 14.4. The number of anilines is 1. The van der Waals surface area contributed by atoms with Gasteiger partial charge in [0.2, 0.25) is 15.9 Å². The summed E-state index contributed by atoms with van der Waals surface area (Å²) in [7, 11) is -3.49. The van der Waals surface area contributed by atoms with Gasteiger partial charge in [0, 0.05) is 19.2 Å². The molecule has 0 aliphatic rings. The maximum absolute atomic E-state index is 11.8. The molecule has 1 rings (SSSR count). The lowest BCUT2D eigenvalue weighted by atomic mass is 10.3. The predicted octanol–water partition coefficient (Wildman–Crippen LogP) is 1.50. The van der Waals surface area contributed by atoms with Gasteiger partial charge in [0.25, 0.3) is 0 Å². The molecule has 1 aromatic carbocycles. The molecule has 1 amide bonds. The first-order valence-electron chi connectivity index (χ1n) is 5.44. The summed E-state index contributed by atoms with van der Waals surface area (Å²) in [6.07, 6.45) is 2.21. The Labute approximate surface area is 107 Å². The summed E-state index contributed by atoms with van der Waals surface area (Å²) in [4.78, 5) is 11.0. The van der Waals surface area contributed by atoms with Gasteiger partial charge in [0.1, 0.15) is 0 Å². The highest BCUT2D eigenvalue weighted by molar-refractivity contribution is 7.89. The molecule has 1 aromatic rings. The molecule has 0 atom stereocenters. The molecular formula is C12H16N2O3S. The standard InChI is InChI=1S/C12H16N2O3S/c1-3-4-9-13-18(16,17)12-7-5-11(6-8-12)14-10(2)15/h3,5-8,13H,1,4,9H2,2H3,(H,14,15). The van der Waals surface area contributed by atoms with Crippen molar-refractivity contribution in [3.63, 3.8) is 0 Å². The maximum Gasteiger partial charge on any atom is 0.240 e. The van der Waals surface area contributed by atoms with Crippen LogP contribution in [0.2, 0.25) is 0 Å². The zero-order valence-electron chi connectivity index (χ0n) is 10.1. The Bertz CT molecular complexity index is 521. The van der Waals surface area contributed by atoms with E-state index in [-0.39, 0.29) is 10.8 Å². The van der Waals surface area contributed by atoms with Crippen molar-refractivity contribution in [1.82, 2.24) is 4.72 Å². The van der Waals surface area contributed by atoms with Crippen LogP contribution in [0.5, 0.6) is 0 Å². The van der Waals surface area contributed by atoms with Crippen molar-refractivity contribution >= 4 is 21.6 Å². The fourth-order valence-corrected chi connectivity index (χ4v) is 2.35. The molecule has 0 heterocycles. The monoisotopic (exact) mass is 268 g/mol. The van der Waals surface area contributed by atoms with Crippen molar-refractivity contribution in [3.05, 3.63) is 36.9 Å². The molecule has 0 radical (unpaired) electrons. The third-order valence-electron chi connectivity index (χ3n) is 2.13. The summed E-state index contributed by atoms with van der Waals surface area (Å²) in [6, 6.07) is 5.98. The van der Waals surface area contributed by atoms with Gasteiger partial charge in [-0.05, 0) is 30.7 Å². The van der Waals surface area contributed by atoms with Crippen LogP contribution in [0.3, 0.4) is 0 Å². The molecule has 0 bridgehead atoms. The highest BCUT2D eigenvalue weighted by Gasteiger charge is 2.12. The minimum Gasteiger partial charge on any atom is -0.326 e. The Morgan fingerprint density at radius 1 is 1.33 bits per heavy atom. The van der Waals surface area contributed by atoms with Crippen LogP contribution in [0, 0.1) is 0 Å². The second-order valence-corrected chi connectivity index (χ2v) is 5.45. The van der Waals surface area contributed by atoms with Gasteiger partial charge in [-0.2, -0.15) is 0 Å². The van der Waals surface area contributed by atoms with E-state index in [0.29, 0.717) is 18.7 Å². The summed E-state index contributed by atoms with van der Waals surface area (Å²) in [5, 5.41) is 2.57. The van der Waals surface area contributed by atoms with E-state index in [9.17, 15) is 13.2 Å². The topological polar surface area (TPSA) is 75.3 Å². The predicted molar refractivity (Wildman–Crippen MR) is 70.7 cm³/mol. The Hall–Kier alpha value is -1.66. The third-order valence-corrected chi connectivity index (χ3v) is 3.60. The summed E-state index contributed by atoms with van der Waals surface area (Å²) in [5.41, 5.74) is 0.563. The summed E-state index contributed by atoms with van der Waals surface area (Å²) in [6.45, 7) is 5.23. The van der Waals surface area contributed by atoms with Crippen LogP contribution in [0.4, 0.5) is 5.69 Å². The largest absolute Gasteiger partial charge is 0.326 e. The lowest BCUT2D eigenvalue weighted by Crippen LogP contribution is -2.24. The van der Waals surface area contributed by atoms with E-state index in [1.807, 2.05) is 0 Å². The number of carbonyl (C=O) groups excluding carboxylic acids is 1. The molecule has 5 nitrogen and oxygen atoms in total. The number of sulfonamides is 1. The minimum atomic E-state index is -3.49. The van der Waals surface area contributed by atoms with Gasteiger partial charge in [-0.3, -0.25) is 4.79 Å². The summed E-state index contributed by atoms with van der Waals surface area (Å²) >= 11 is 0. The highest BCUT2D eigenvalue weighted by Crippen LogP contribution is 2.13. The normalized spacial score (nSPS) is 10.9. The van der Waals surface area contributed by atoms with Crippen LogP contribution in [-0.2, 0) is 14.8 Å². The van der Waals surface area contributed by atoms with Crippen molar-refractivity contribution < 1.29 is 13.2 Å². The second kappa shape index (κ2) is 6.32. The number of hydrogen-bond donors (Lipinski definition) is 2. The van der Waals surface area contributed by atoms with Crippen LogP contribution >= 0.6 is 0 Å². The first-order valence-corrected chi connectivity index (χ1v) is 6.92. The number of nitrogens with one attached hydrogen (secondary N) is 2. The van der Waals surface area contributed by atoms with Crippen molar-refractivity contribution in [1.29, 1.82) is 0 Å². The molecule has 2 N–H and O–H groups in total. The van der Waals surface area contributed by atoms with Crippen LogP contribution < -0.4 is 10.0 Å². The van der Waals surface area contributed by atoms with Gasteiger partial charge in [0.15, 0.2) is 0 Å². The fraction of sp³-hybridized carbons (Fsp3) is 0.250. The van der Waals surface area contributed by atoms with E-state index in [1.54, 1.807) is 18.2 Å². The second-order valence-electron chi connectivity index (χ2n) is 3.68. The average molecular weight is 268 g/mol. The number of benzene rings is 1. The summed E-state index contributed by atoms with van der Waals surface area (Å²) in [5.74, 6) is -0.199. The van der Waals surface area contributed by atoms with E-state index in [4.69, 9.17) is 0 Å². The molecule has 6 heteroatoms. The Morgan fingerprint density at radius 3 is 2.44 bits per heavy atom. The minimum absolute atomic E-state index is 0.167. The molecule has 98 valence electrons. The van der Waals surface area contributed by atoms with Gasteiger partial charge < -0.3 is 5.32 Å². The quantitative estimate of drug-likeness (QED) is 0.606. The summed E-state index contributed by atoms with van der Waals surface area (Å²) < 4.78 is 26.1. The average Bonchev–Trinajstić information content (AvgIpc) is 2.29. The van der Waals surface area contributed by atoms with E-state index >= 15 is 0 Å². The number of hydrogen-bond acceptors (Lipinski definition) is 3. The van der Waals surface area contributed by atoms with Crippen molar-refractivity contribution in [2.45, 2.75) is 18.2 Å². The van der Waals surface area contributed by atoms with E-state index in [2.05, 4.69) is 16.6 Å². The molecule has 0 aliphatic carbocycles. The first-order chi connectivity index (χ1) is 8.45. The van der Waals surface area contributed by atoms with Crippen LogP contribution in [0.1, 0.15) is 13.3 Å². The molecule has 18 heavy (non-hydrogen) atoms. The molecule has 0 aliphatic heterocycles. The lowest BCUT2D eigenvalue weighted by molar-refractivity contribution is -0.114. The smallest absolute Gasteiger partial charge is 0.240 e. The lowest BCUT2D eigenvalue weighted by Gasteiger charge is -2.07. The number of rotatable bonds is 6.